The Hall–Kier alpha value is -3.15. The van der Waals surface area contributed by atoms with Crippen LogP contribution in [0.2, 0.25) is 0 Å². The van der Waals surface area contributed by atoms with Crippen molar-refractivity contribution in [3.8, 4) is 11.5 Å². The molecule has 6 heteroatoms. The van der Waals surface area contributed by atoms with Crippen molar-refractivity contribution in [2.24, 2.45) is 0 Å². The molecule has 0 bridgehead atoms. The minimum Gasteiger partial charge on any atom is -0.489 e. The fraction of sp³-hybridized carbons (Fsp3) is 0.118. The lowest BCUT2D eigenvalue weighted by molar-refractivity contribution is 0.102. The predicted octanol–water partition coefficient (Wildman–Crippen LogP) is 2.86. The maximum atomic E-state index is 12.3. The van der Waals surface area contributed by atoms with Crippen molar-refractivity contribution in [2.45, 2.75) is 0 Å². The van der Waals surface area contributed by atoms with E-state index >= 15 is 0 Å². The molecule has 0 aliphatic heterocycles. The van der Waals surface area contributed by atoms with Gasteiger partial charge in [0.2, 0.25) is 0 Å². The number of carbonyl (C=O) groups is 1. The first-order valence-corrected chi connectivity index (χ1v) is 6.92. The summed E-state index contributed by atoms with van der Waals surface area (Å²) in [6.45, 7) is 7.85. The zero-order chi connectivity index (χ0) is 16.5. The summed E-state index contributed by atoms with van der Waals surface area (Å²) in [7, 11) is 0. The molecule has 23 heavy (non-hydrogen) atoms. The zero-order valence-corrected chi connectivity index (χ0v) is 12.6. The molecule has 0 unspecified atom stereocenters. The third-order valence-corrected chi connectivity index (χ3v) is 2.68. The lowest BCUT2D eigenvalue weighted by Gasteiger charge is -2.11. The normalized spacial score (nSPS) is 9.74. The van der Waals surface area contributed by atoms with E-state index in [0.717, 1.165) is 0 Å². The number of nitrogens with zero attached hydrogens (tertiary/aromatic N) is 2. The number of hydrogen-bond acceptors (Lipinski definition) is 5. The summed E-state index contributed by atoms with van der Waals surface area (Å²) in [5, 5.41) is 2.66. The molecule has 1 aromatic carbocycles. The molecular weight excluding hydrogens is 294 g/mol. The molecule has 0 saturated carbocycles. The second-order valence-electron chi connectivity index (χ2n) is 4.44. The van der Waals surface area contributed by atoms with Gasteiger partial charge in [-0.2, -0.15) is 0 Å². The van der Waals surface area contributed by atoms with Crippen molar-refractivity contribution in [2.75, 3.05) is 18.5 Å². The van der Waals surface area contributed by atoms with Gasteiger partial charge in [-0.15, -0.1) is 0 Å². The number of hydrogen-bond donors (Lipinski definition) is 1. The van der Waals surface area contributed by atoms with Gasteiger partial charge >= 0.3 is 0 Å². The van der Waals surface area contributed by atoms with Crippen molar-refractivity contribution in [3.63, 3.8) is 0 Å². The maximum absolute atomic E-state index is 12.3. The third-order valence-electron chi connectivity index (χ3n) is 2.68. The summed E-state index contributed by atoms with van der Waals surface area (Å²) in [6, 6.07) is 4.94. The second-order valence-corrected chi connectivity index (χ2v) is 4.44. The number of amides is 1. The molecule has 1 N–H and O–H groups in total. The molecule has 0 aliphatic rings. The highest BCUT2D eigenvalue weighted by Crippen LogP contribution is 2.24. The van der Waals surface area contributed by atoms with Crippen molar-refractivity contribution in [1.82, 2.24) is 9.97 Å². The van der Waals surface area contributed by atoms with Crippen LogP contribution in [-0.4, -0.2) is 29.1 Å². The number of ether oxygens (including phenoxy) is 2. The number of nitrogens with one attached hydrogen (secondary N) is 1. The first-order valence-electron chi connectivity index (χ1n) is 6.92. The number of benzene rings is 1. The maximum Gasteiger partial charge on any atom is 0.257 e. The molecule has 0 radical (unpaired) electrons. The molecule has 0 fully saturated rings. The molecule has 1 amide bonds. The van der Waals surface area contributed by atoms with Crippen molar-refractivity contribution in [3.05, 3.63) is 67.7 Å². The van der Waals surface area contributed by atoms with Gasteiger partial charge in [0.05, 0.1) is 6.20 Å². The van der Waals surface area contributed by atoms with E-state index in [0.29, 0.717) is 36.1 Å². The van der Waals surface area contributed by atoms with Gasteiger partial charge in [0.15, 0.2) is 5.82 Å². The van der Waals surface area contributed by atoms with E-state index in [9.17, 15) is 4.79 Å². The van der Waals surface area contributed by atoms with Crippen LogP contribution < -0.4 is 14.8 Å². The first-order chi connectivity index (χ1) is 11.2. The highest BCUT2D eigenvalue weighted by atomic mass is 16.5. The molecule has 6 nitrogen and oxygen atoms in total. The van der Waals surface area contributed by atoms with Gasteiger partial charge in [-0.3, -0.25) is 9.78 Å². The summed E-state index contributed by atoms with van der Waals surface area (Å²) >= 11 is 0. The standard InChI is InChI=1S/C17H17N3O3/c1-3-7-22-14-9-13(10-15(11-14)23-8-4-2)17(21)20-16-12-18-5-6-19-16/h3-6,9-12H,1-2,7-8H2,(H,19,20,21). The summed E-state index contributed by atoms with van der Waals surface area (Å²) in [5.41, 5.74) is 0.385. The molecule has 2 rings (SSSR count). The molecule has 2 aromatic rings. The van der Waals surface area contributed by atoms with Crippen LogP contribution in [0, 0.1) is 0 Å². The van der Waals surface area contributed by atoms with Crippen molar-refractivity contribution >= 4 is 11.7 Å². The number of aromatic nitrogens is 2. The topological polar surface area (TPSA) is 73.3 Å². The van der Waals surface area contributed by atoms with Crippen LogP contribution >= 0.6 is 0 Å². The van der Waals surface area contributed by atoms with E-state index in [1.54, 1.807) is 30.4 Å². The minimum atomic E-state index is -0.335. The molecule has 0 aliphatic carbocycles. The van der Waals surface area contributed by atoms with E-state index < -0.39 is 0 Å². The second kappa shape index (κ2) is 8.33. The molecule has 0 spiro atoms. The summed E-state index contributed by atoms with van der Waals surface area (Å²) in [4.78, 5) is 20.2. The average Bonchev–Trinajstić information content (AvgIpc) is 2.59. The van der Waals surface area contributed by atoms with Crippen LogP contribution in [0.15, 0.2) is 62.1 Å². The lowest BCUT2D eigenvalue weighted by Crippen LogP contribution is -2.13. The minimum absolute atomic E-state index is 0.329. The Morgan fingerprint density at radius 3 is 2.26 bits per heavy atom. The van der Waals surface area contributed by atoms with Gasteiger partial charge in [-0.25, -0.2) is 4.98 Å². The molecule has 1 aromatic heterocycles. The number of carbonyl (C=O) groups excluding carboxylic acids is 1. The van der Waals surface area contributed by atoms with Gasteiger partial charge in [0, 0.05) is 24.0 Å². The van der Waals surface area contributed by atoms with Crippen molar-refractivity contribution < 1.29 is 14.3 Å². The van der Waals surface area contributed by atoms with Crippen LogP contribution in [0.3, 0.4) is 0 Å². The van der Waals surface area contributed by atoms with Crippen molar-refractivity contribution in [1.29, 1.82) is 0 Å². The molecule has 0 atom stereocenters. The van der Waals surface area contributed by atoms with E-state index in [-0.39, 0.29) is 5.91 Å². The first kappa shape index (κ1) is 16.2. The van der Waals surface area contributed by atoms with E-state index in [2.05, 4.69) is 28.4 Å². The Labute approximate surface area is 134 Å². The SMILES string of the molecule is C=CCOc1cc(OCC=C)cc(C(=O)Nc2cnccn2)c1. The van der Waals surface area contributed by atoms with Crippen LogP contribution in [0.1, 0.15) is 10.4 Å². The van der Waals surface area contributed by atoms with Gasteiger partial charge in [0.1, 0.15) is 24.7 Å². The fourth-order valence-electron chi connectivity index (χ4n) is 1.73. The van der Waals surface area contributed by atoms with E-state index in [1.807, 2.05) is 0 Å². The fourth-order valence-corrected chi connectivity index (χ4v) is 1.73. The number of anilines is 1. The summed E-state index contributed by atoms with van der Waals surface area (Å²) < 4.78 is 11.0. The largest absolute Gasteiger partial charge is 0.489 e. The van der Waals surface area contributed by atoms with Crippen LogP contribution in [0.5, 0.6) is 11.5 Å². The Bertz CT molecular complexity index is 656. The van der Waals surface area contributed by atoms with Crippen LogP contribution in [0.25, 0.3) is 0 Å². The molecule has 1 heterocycles. The van der Waals surface area contributed by atoms with Gasteiger partial charge < -0.3 is 14.8 Å². The Morgan fingerprint density at radius 2 is 1.74 bits per heavy atom. The summed E-state index contributed by atoms with van der Waals surface area (Å²) in [5.74, 6) is 1.05. The Balaban J connectivity index is 2.22. The lowest BCUT2D eigenvalue weighted by atomic mass is 10.2. The molecular formula is C17H17N3O3. The summed E-state index contributed by atoms with van der Waals surface area (Å²) in [6.07, 6.45) is 7.73. The number of rotatable bonds is 8. The highest BCUT2D eigenvalue weighted by molar-refractivity contribution is 6.04. The van der Waals surface area contributed by atoms with Crippen LogP contribution in [-0.2, 0) is 0 Å². The quantitative estimate of drug-likeness (QED) is 0.759. The highest BCUT2D eigenvalue weighted by Gasteiger charge is 2.11. The average molecular weight is 311 g/mol. The van der Waals surface area contributed by atoms with Crippen LogP contribution in [0.4, 0.5) is 5.82 Å². The Kier molecular flexibility index (Phi) is 5.88. The van der Waals surface area contributed by atoms with E-state index in [4.69, 9.17) is 9.47 Å². The predicted molar refractivity (Wildman–Crippen MR) is 87.8 cm³/mol. The smallest absolute Gasteiger partial charge is 0.257 e. The van der Waals surface area contributed by atoms with Gasteiger partial charge in [-0.1, -0.05) is 25.3 Å². The van der Waals surface area contributed by atoms with E-state index in [1.165, 1.54) is 18.6 Å². The Morgan fingerprint density at radius 1 is 1.09 bits per heavy atom. The molecule has 118 valence electrons. The van der Waals surface area contributed by atoms with Gasteiger partial charge in [-0.05, 0) is 12.1 Å². The third kappa shape index (κ3) is 4.96. The monoisotopic (exact) mass is 311 g/mol. The van der Waals surface area contributed by atoms with Gasteiger partial charge in [0.25, 0.3) is 5.91 Å². The molecule has 0 saturated heterocycles. The zero-order valence-electron chi connectivity index (χ0n) is 12.6.